The van der Waals surface area contributed by atoms with Crippen LogP contribution in [0.5, 0.6) is 0 Å². The number of carbonyl (C=O) groups excluding carboxylic acids is 1. The lowest BCUT2D eigenvalue weighted by Crippen LogP contribution is -2.38. The van der Waals surface area contributed by atoms with Crippen molar-refractivity contribution in [1.82, 2.24) is 10.6 Å². The van der Waals surface area contributed by atoms with Crippen LogP contribution in [-0.4, -0.2) is 25.0 Å². The number of amides is 1. The Labute approximate surface area is 183 Å². The first-order chi connectivity index (χ1) is 12.7. The summed E-state index contributed by atoms with van der Waals surface area (Å²) in [7, 11) is 0. The van der Waals surface area contributed by atoms with Gasteiger partial charge in [0.05, 0.1) is 6.54 Å². The van der Waals surface area contributed by atoms with Crippen LogP contribution in [0.4, 0.5) is 5.69 Å². The third kappa shape index (κ3) is 9.23. The first-order valence-electron chi connectivity index (χ1n) is 9.14. The average molecular weight is 500 g/mol. The highest BCUT2D eigenvalue weighted by molar-refractivity contribution is 14.0. The van der Waals surface area contributed by atoms with Gasteiger partial charge in [0.2, 0.25) is 5.91 Å². The molecule has 2 rings (SSSR count). The number of guanidine groups is 1. The van der Waals surface area contributed by atoms with Gasteiger partial charge in [-0.2, -0.15) is 0 Å². The molecule has 0 bridgehead atoms. The molecular formula is C20H29IN4OS. The summed E-state index contributed by atoms with van der Waals surface area (Å²) in [4.78, 5) is 17.6. The monoisotopic (exact) mass is 500 g/mol. The van der Waals surface area contributed by atoms with Gasteiger partial charge in [-0.3, -0.25) is 4.79 Å². The molecule has 7 heteroatoms. The van der Waals surface area contributed by atoms with Gasteiger partial charge in [-0.1, -0.05) is 25.1 Å². The summed E-state index contributed by atoms with van der Waals surface area (Å²) in [5.74, 6) is 0.882. The van der Waals surface area contributed by atoms with E-state index in [9.17, 15) is 4.79 Å². The minimum atomic E-state index is 0. The van der Waals surface area contributed by atoms with Crippen LogP contribution in [-0.2, 0) is 17.8 Å². The van der Waals surface area contributed by atoms with Crippen LogP contribution >= 0.6 is 35.3 Å². The van der Waals surface area contributed by atoms with Crippen LogP contribution in [0.25, 0.3) is 0 Å². The highest BCUT2D eigenvalue weighted by Gasteiger charge is 2.02. The van der Waals surface area contributed by atoms with Crippen LogP contribution in [0.2, 0.25) is 0 Å². The van der Waals surface area contributed by atoms with E-state index in [0.29, 0.717) is 13.0 Å². The summed E-state index contributed by atoms with van der Waals surface area (Å²) in [6.45, 7) is 6.33. The van der Waals surface area contributed by atoms with Gasteiger partial charge in [-0.15, -0.1) is 35.3 Å². The SMILES string of the molecule is CCCC(=O)Nc1ccc(CN=C(NCC)NCCc2cccs2)cc1.I. The molecule has 0 unspecified atom stereocenters. The van der Waals surface area contributed by atoms with Crippen molar-refractivity contribution in [2.24, 2.45) is 4.99 Å². The number of benzene rings is 1. The number of rotatable bonds is 9. The first-order valence-corrected chi connectivity index (χ1v) is 10.0. The third-order valence-corrected chi connectivity index (χ3v) is 4.66. The van der Waals surface area contributed by atoms with E-state index in [1.807, 2.05) is 31.2 Å². The molecule has 0 fully saturated rings. The van der Waals surface area contributed by atoms with E-state index in [-0.39, 0.29) is 29.9 Å². The first kappa shape index (κ1) is 23.4. The number of hydrogen-bond donors (Lipinski definition) is 3. The van der Waals surface area contributed by atoms with Crippen molar-refractivity contribution in [3.8, 4) is 0 Å². The second-order valence-electron chi connectivity index (χ2n) is 5.95. The number of anilines is 1. The molecule has 1 aromatic heterocycles. The van der Waals surface area contributed by atoms with Gasteiger partial charge in [0.15, 0.2) is 5.96 Å². The van der Waals surface area contributed by atoms with E-state index < -0.39 is 0 Å². The number of halogens is 1. The maximum Gasteiger partial charge on any atom is 0.224 e. The maximum absolute atomic E-state index is 11.6. The normalized spacial score (nSPS) is 10.8. The van der Waals surface area contributed by atoms with Crippen molar-refractivity contribution < 1.29 is 4.79 Å². The Bertz CT molecular complexity index is 687. The Balaban J connectivity index is 0.00000364. The number of aliphatic imine (C=N–C) groups is 1. The van der Waals surface area contributed by atoms with E-state index in [0.717, 1.165) is 43.1 Å². The lowest BCUT2D eigenvalue weighted by atomic mass is 10.2. The summed E-state index contributed by atoms with van der Waals surface area (Å²) in [5, 5.41) is 11.6. The molecule has 148 valence electrons. The van der Waals surface area contributed by atoms with Gasteiger partial charge >= 0.3 is 0 Å². The van der Waals surface area contributed by atoms with Crippen molar-refractivity contribution in [2.75, 3.05) is 18.4 Å². The molecule has 1 heterocycles. The molecule has 0 saturated carbocycles. The van der Waals surface area contributed by atoms with Crippen molar-refractivity contribution in [1.29, 1.82) is 0 Å². The van der Waals surface area contributed by atoms with Crippen LogP contribution in [0, 0.1) is 0 Å². The Morgan fingerprint density at radius 1 is 1.11 bits per heavy atom. The van der Waals surface area contributed by atoms with Gasteiger partial charge in [0.25, 0.3) is 0 Å². The molecule has 0 spiro atoms. The topological polar surface area (TPSA) is 65.5 Å². The van der Waals surface area contributed by atoms with Crippen LogP contribution < -0.4 is 16.0 Å². The maximum atomic E-state index is 11.6. The number of carbonyl (C=O) groups is 1. The fourth-order valence-corrected chi connectivity index (χ4v) is 3.12. The largest absolute Gasteiger partial charge is 0.357 e. The second kappa shape index (κ2) is 13.5. The zero-order valence-corrected chi connectivity index (χ0v) is 19.1. The molecule has 0 aliphatic carbocycles. The molecule has 0 aliphatic rings. The molecule has 1 aromatic carbocycles. The lowest BCUT2D eigenvalue weighted by molar-refractivity contribution is -0.116. The summed E-state index contributed by atoms with van der Waals surface area (Å²) in [6, 6.07) is 12.1. The fraction of sp³-hybridized carbons (Fsp3) is 0.400. The second-order valence-corrected chi connectivity index (χ2v) is 6.98. The molecule has 1 amide bonds. The van der Waals surface area contributed by atoms with Gasteiger partial charge in [0.1, 0.15) is 0 Å². The van der Waals surface area contributed by atoms with Crippen molar-refractivity contribution in [3.05, 3.63) is 52.2 Å². The summed E-state index contributed by atoms with van der Waals surface area (Å²) < 4.78 is 0. The predicted octanol–water partition coefficient (Wildman–Crippen LogP) is 4.40. The lowest BCUT2D eigenvalue weighted by Gasteiger charge is -2.11. The zero-order chi connectivity index (χ0) is 18.6. The molecule has 2 aromatic rings. The molecule has 3 N–H and O–H groups in total. The standard InChI is InChI=1S/C20H28N4OS.HI/c1-3-6-19(25)24-17-10-8-16(9-11-17)15-23-20(21-4-2)22-13-12-18-7-5-14-26-18;/h5,7-11,14H,3-4,6,12-13,15H2,1-2H3,(H,24,25)(H2,21,22,23);1H. The Hall–Kier alpha value is -1.61. The summed E-state index contributed by atoms with van der Waals surface area (Å²) >= 11 is 1.78. The molecule has 0 radical (unpaired) electrons. The molecule has 27 heavy (non-hydrogen) atoms. The number of nitrogens with zero attached hydrogens (tertiary/aromatic N) is 1. The minimum Gasteiger partial charge on any atom is -0.357 e. The van der Waals surface area contributed by atoms with Crippen molar-refractivity contribution in [2.45, 2.75) is 39.7 Å². The number of nitrogens with one attached hydrogen (secondary N) is 3. The van der Waals surface area contributed by atoms with Gasteiger partial charge < -0.3 is 16.0 Å². The van der Waals surface area contributed by atoms with Crippen LogP contribution in [0.3, 0.4) is 0 Å². The van der Waals surface area contributed by atoms with Gasteiger partial charge in [0, 0.05) is 30.1 Å². The highest BCUT2D eigenvalue weighted by atomic mass is 127. The predicted molar refractivity (Wildman–Crippen MR) is 126 cm³/mol. The Morgan fingerprint density at radius 2 is 1.89 bits per heavy atom. The van der Waals surface area contributed by atoms with E-state index in [1.165, 1.54) is 4.88 Å². The van der Waals surface area contributed by atoms with E-state index >= 15 is 0 Å². The van der Waals surface area contributed by atoms with Crippen molar-refractivity contribution in [3.63, 3.8) is 0 Å². The molecule has 0 atom stereocenters. The van der Waals surface area contributed by atoms with E-state index in [4.69, 9.17) is 0 Å². The molecule has 0 saturated heterocycles. The molecule has 0 aliphatic heterocycles. The van der Waals surface area contributed by atoms with Crippen molar-refractivity contribution >= 4 is 52.9 Å². The van der Waals surface area contributed by atoms with Gasteiger partial charge in [-0.25, -0.2) is 4.99 Å². The number of thiophene rings is 1. The Kier molecular flexibility index (Phi) is 11.8. The smallest absolute Gasteiger partial charge is 0.224 e. The van der Waals surface area contributed by atoms with E-state index in [1.54, 1.807) is 11.3 Å². The van der Waals surface area contributed by atoms with Gasteiger partial charge in [-0.05, 0) is 48.9 Å². The molecular weight excluding hydrogens is 471 g/mol. The molecule has 5 nitrogen and oxygen atoms in total. The highest BCUT2D eigenvalue weighted by Crippen LogP contribution is 2.11. The van der Waals surface area contributed by atoms with Crippen LogP contribution in [0.1, 0.15) is 37.1 Å². The minimum absolute atomic E-state index is 0. The Morgan fingerprint density at radius 3 is 2.52 bits per heavy atom. The third-order valence-electron chi connectivity index (χ3n) is 3.72. The van der Waals surface area contributed by atoms with E-state index in [2.05, 4.69) is 45.4 Å². The summed E-state index contributed by atoms with van der Waals surface area (Å²) in [5.41, 5.74) is 1.94. The van der Waals surface area contributed by atoms with Crippen LogP contribution in [0.15, 0.2) is 46.8 Å². The zero-order valence-electron chi connectivity index (χ0n) is 16.0. The summed E-state index contributed by atoms with van der Waals surface area (Å²) in [6.07, 6.45) is 2.40. The quantitative estimate of drug-likeness (QED) is 0.272. The fourth-order valence-electron chi connectivity index (χ4n) is 2.42. The average Bonchev–Trinajstić information content (AvgIpc) is 3.14. The number of hydrogen-bond acceptors (Lipinski definition) is 3.